The van der Waals surface area contributed by atoms with Crippen molar-refractivity contribution in [3.63, 3.8) is 0 Å². The van der Waals surface area contributed by atoms with Gasteiger partial charge in [-0.25, -0.2) is 0 Å². The maximum Gasteiger partial charge on any atom is 0.0905 e. The van der Waals surface area contributed by atoms with Crippen LogP contribution in [0.25, 0.3) is 0 Å². The van der Waals surface area contributed by atoms with E-state index in [2.05, 4.69) is 37.3 Å². The molecule has 0 radical (unpaired) electrons. The molecule has 2 nitrogen and oxygen atoms in total. The predicted molar refractivity (Wildman–Crippen MR) is 74.3 cm³/mol. The molecule has 0 bridgehead atoms. The third-order valence-corrected chi connectivity index (χ3v) is 3.16. The Hall–Kier alpha value is -1.31. The van der Waals surface area contributed by atoms with E-state index in [9.17, 15) is 0 Å². The topological polar surface area (TPSA) is 49.9 Å². The zero-order valence-electron chi connectivity index (χ0n) is 10.8. The summed E-state index contributed by atoms with van der Waals surface area (Å²) in [5.41, 5.74) is 6.76. The van der Waals surface area contributed by atoms with Crippen molar-refractivity contribution >= 4 is 5.84 Å². The lowest BCUT2D eigenvalue weighted by molar-refractivity contribution is 0.468. The summed E-state index contributed by atoms with van der Waals surface area (Å²) in [5, 5.41) is 7.15. The molecule has 1 aromatic carbocycles. The van der Waals surface area contributed by atoms with E-state index in [1.165, 1.54) is 31.2 Å². The van der Waals surface area contributed by atoms with Crippen LogP contribution in [0.5, 0.6) is 0 Å². The Kier molecular flexibility index (Phi) is 6.38. The molecule has 17 heavy (non-hydrogen) atoms. The van der Waals surface area contributed by atoms with Crippen molar-refractivity contribution in [1.82, 2.24) is 0 Å². The van der Waals surface area contributed by atoms with Gasteiger partial charge in [-0.05, 0) is 30.7 Å². The Balaban J connectivity index is 2.09. The number of unbranched alkanes of at least 4 members (excludes halogenated alkanes) is 1. The monoisotopic (exact) mass is 232 g/mol. The van der Waals surface area contributed by atoms with E-state index in [1.54, 1.807) is 0 Å². The van der Waals surface area contributed by atoms with E-state index in [0.29, 0.717) is 5.84 Å². The van der Waals surface area contributed by atoms with E-state index >= 15 is 0 Å². The fraction of sp³-hybridized carbons (Fsp3) is 0.533. The average molecular weight is 232 g/mol. The summed E-state index contributed by atoms with van der Waals surface area (Å²) >= 11 is 0. The number of hydrogen-bond donors (Lipinski definition) is 2. The summed E-state index contributed by atoms with van der Waals surface area (Å²) < 4.78 is 0. The quantitative estimate of drug-likeness (QED) is 0.400. The van der Waals surface area contributed by atoms with Gasteiger partial charge in [0.1, 0.15) is 0 Å². The third-order valence-electron chi connectivity index (χ3n) is 3.16. The van der Waals surface area contributed by atoms with Gasteiger partial charge in [-0.15, -0.1) is 0 Å². The van der Waals surface area contributed by atoms with Crippen molar-refractivity contribution in [2.75, 3.05) is 0 Å². The van der Waals surface area contributed by atoms with E-state index in [1.807, 2.05) is 0 Å². The molecular weight excluding hydrogens is 208 g/mol. The van der Waals surface area contributed by atoms with Crippen LogP contribution in [0.4, 0.5) is 0 Å². The van der Waals surface area contributed by atoms with Gasteiger partial charge >= 0.3 is 0 Å². The first-order valence-corrected chi connectivity index (χ1v) is 6.55. The molecule has 0 aromatic heterocycles. The van der Waals surface area contributed by atoms with Crippen molar-refractivity contribution in [2.45, 2.75) is 45.4 Å². The van der Waals surface area contributed by atoms with Crippen molar-refractivity contribution in [2.24, 2.45) is 11.7 Å². The Labute approximate surface area is 105 Å². The molecule has 0 heterocycles. The fourth-order valence-electron chi connectivity index (χ4n) is 2.01. The van der Waals surface area contributed by atoms with Crippen LogP contribution in [0.2, 0.25) is 0 Å². The van der Waals surface area contributed by atoms with Gasteiger partial charge in [0.25, 0.3) is 0 Å². The molecule has 0 spiro atoms. The summed E-state index contributed by atoms with van der Waals surface area (Å²) in [6.07, 6.45) is 6.69. The Morgan fingerprint density at radius 2 is 1.88 bits per heavy atom. The van der Waals surface area contributed by atoms with Gasteiger partial charge in [0, 0.05) is 6.42 Å². The number of hydrogen-bond acceptors (Lipinski definition) is 1. The lowest BCUT2D eigenvalue weighted by atomic mass is 9.96. The molecule has 94 valence electrons. The molecule has 3 N–H and O–H groups in total. The maximum atomic E-state index is 7.15. The molecule has 0 fully saturated rings. The van der Waals surface area contributed by atoms with Gasteiger partial charge in [0.2, 0.25) is 0 Å². The first-order chi connectivity index (χ1) is 8.18. The molecule has 0 amide bonds. The van der Waals surface area contributed by atoms with Crippen molar-refractivity contribution in [3.8, 4) is 0 Å². The highest BCUT2D eigenvalue weighted by Gasteiger charge is 2.03. The second kappa shape index (κ2) is 7.88. The zero-order valence-corrected chi connectivity index (χ0v) is 10.8. The molecule has 1 aromatic rings. The number of rotatable bonds is 8. The molecule has 0 saturated heterocycles. The third kappa shape index (κ3) is 6.77. The van der Waals surface area contributed by atoms with Crippen LogP contribution >= 0.6 is 0 Å². The standard InChI is InChI=1S/C15H24N2/c1-13(7-5-6-10-15(16)17)11-12-14-8-3-2-4-9-14/h2-4,8-9,13H,5-7,10-12H2,1H3,(H3,16,17). The molecule has 1 unspecified atom stereocenters. The Morgan fingerprint density at radius 1 is 1.18 bits per heavy atom. The predicted octanol–water partition coefficient (Wildman–Crippen LogP) is 3.75. The minimum absolute atomic E-state index is 0.321. The Morgan fingerprint density at radius 3 is 2.53 bits per heavy atom. The van der Waals surface area contributed by atoms with Crippen molar-refractivity contribution in [1.29, 1.82) is 5.41 Å². The highest BCUT2D eigenvalue weighted by molar-refractivity contribution is 5.76. The van der Waals surface area contributed by atoms with Crippen LogP contribution in [0.1, 0.15) is 44.6 Å². The number of aryl methyl sites for hydroxylation is 1. The normalized spacial score (nSPS) is 12.3. The van der Waals surface area contributed by atoms with Gasteiger partial charge in [0.15, 0.2) is 0 Å². The van der Waals surface area contributed by atoms with Crippen molar-refractivity contribution in [3.05, 3.63) is 35.9 Å². The van der Waals surface area contributed by atoms with Crippen LogP contribution in [-0.4, -0.2) is 5.84 Å². The number of nitrogens with two attached hydrogens (primary N) is 1. The van der Waals surface area contributed by atoms with Crippen LogP contribution in [-0.2, 0) is 6.42 Å². The molecule has 0 aliphatic carbocycles. The minimum atomic E-state index is 0.321. The molecule has 1 atom stereocenters. The zero-order chi connectivity index (χ0) is 12.5. The van der Waals surface area contributed by atoms with E-state index in [-0.39, 0.29) is 0 Å². The first kappa shape index (κ1) is 13.8. The molecule has 1 rings (SSSR count). The maximum absolute atomic E-state index is 7.15. The van der Waals surface area contributed by atoms with Gasteiger partial charge in [0.05, 0.1) is 5.84 Å². The average Bonchev–Trinajstić information content (AvgIpc) is 2.33. The molecule has 0 aliphatic rings. The van der Waals surface area contributed by atoms with Crippen molar-refractivity contribution < 1.29 is 0 Å². The SMILES string of the molecule is CC(CCCCC(=N)N)CCc1ccccc1. The van der Waals surface area contributed by atoms with Crippen LogP contribution < -0.4 is 5.73 Å². The summed E-state index contributed by atoms with van der Waals surface area (Å²) in [5.74, 6) is 1.09. The number of benzene rings is 1. The number of nitrogens with one attached hydrogen (secondary N) is 1. The largest absolute Gasteiger partial charge is 0.388 e. The summed E-state index contributed by atoms with van der Waals surface area (Å²) in [4.78, 5) is 0. The highest BCUT2D eigenvalue weighted by atomic mass is 14.7. The number of amidine groups is 1. The van der Waals surface area contributed by atoms with E-state index < -0.39 is 0 Å². The van der Waals surface area contributed by atoms with Crippen LogP contribution in [0.3, 0.4) is 0 Å². The second-order valence-electron chi connectivity index (χ2n) is 4.90. The highest BCUT2D eigenvalue weighted by Crippen LogP contribution is 2.16. The molecule has 0 aliphatic heterocycles. The fourth-order valence-corrected chi connectivity index (χ4v) is 2.01. The van der Waals surface area contributed by atoms with Gasteiger partial charge in [-0.2, -0.15) is 0 Å². The Bertz CT molecular complexity index is 319. The molecule has 0 saturated carbocycles. The lowest BCUT2D eigenvalue weighted by Gasteiger charge is -2.10. The minimum Gasteiger partial charge on any atom is -0.388 e. The van der Waals surface area contributed by atoms with E-state index in [0.717, 1.165) is 18.8 Å². The van der Waals surface area contributed by atoms with Crippen LogP contribution in [0.15, 0.2) is 30.3 Å². The smallest absolute Gasteiger partial charge is 0.0905 e. The molecular formula is C15H24N2. The van der Waals surface area contributed by atoms with Gasteiger partial charge < -0.3 is 5.73 Å². The van der Waals surface area contributed by atoms with Gasteiger partial charge in [-0.1, -0.05) is 50.1 Å². The van der Waals surface area contributed by atoms with E-state index in [4.69, 9.17) is 11.1 Å². The van der Waals surface area contributed by atoms with Crippen LogP contribution in [0, 0.1) is 11.3 Å². The summed E-state index contributed by atoms with van der Waals surface area (Å²) in [7, 11) is 0. The summed E-state index contributed by atoms with van der Waals surface area (Å²) in [6.45, 7) is 2.32. The van der Waals surface area contributed by atoms with Gasteiger partial charge in [-0.3, -0.25) is 5.41 Å². The lowest BCUT2D eigenvalue weighted by Crippen LogP contribution is -2.08. The first-order valence-electron chi connectivity index (χ1n) is 6.55. The molecule has 2 heteroatoms. The summed E-state index contributed by atoms with van der Waals surface area (Å²) in [6, 6.07) is 10.7. The second-order valence-corrected chi connectivity index (χ2v) is 4.90.